The van der Waals surface area contributed by atoms with E-state index >= 15 is 0 Å². The van der Waals surface area contributed by atoms with E-state index in [9.17, 15) is 0 Å². The van der Waals surface area contributed by atoms with Crippen LogP contribution < -0.4 is 38.1 Å². The summed E-state index contributed by atoms with van der Waals surface area (Å²) in [6.07, 6.45) is 2.72. The van der Waals surface area contributed by atoms with Gasteiger partial charge in [-0.3, -0.25) is 4.90 Å². The lowest BCUT2D eigenvalue weighted by Crippen LogP contribution is -2.33. The van der Waals surface area contributed by atoms with E-state index in [1.807, 2.05) is 18.2 Å². The van der Waals surface area contributed by atoms with Gasteiger partial charge in [-0.2, -0.15) is 0 Å². The Balaban J connectivity index is 1.30. The number of benzene rings is 5. The smallest absolute Gasteiger partial charge is 0.204 e. The Morgan fingerprint density at radius 2 is 1.22 bits per heavy atom. The predicted octanol–water partition coefficient (Wildman–Crippen LogP) is 7.60. The van der Waals surface area contributed by atoms with Crippen molar-refractivity contribution in [2.75, 3.05) is 74.7 Å². The summed E-state index contributed by atoms with van der Waals surface area (Å²) >= 11 is 0. The zero-order chi connectivity index (χ0) is 34.4. The predicted molar refractivity (Wildman–Crippen MR) is 193 cm³/mol. The first kappa shape index (κ1) is 32.5. The summed E-state index contributed by atoms with van der Waals surface area (Å²) in [5.41, 5.74) is 6.10. The SMILES string of the molecule is COc1cc2c(cc1OC)[C@H](Cc1ccc(Oc3c(OC)c(OC)cc4c3cc3c5c(cc(OC)c(OC)c54)CCN3C)cc1)N(C)CC2. The monoisotopic (exact) mass is 664 g/mol. The summed E-state index contributed by atoms with van der Waals surface area (Å²) in [4.78, 5) is 4.69. The lowest BCUT2D eigenvalue weighted by atomic mass is 9.88. The normalized spacial score (nSPS) is 15.6. The topological polar surface area (TPSA) is 71.1 Å². The fourth-order valence-electron chi connectivity index (χ4n) is 7.59. The van der Waals surface area contributed by atoms with Gasteiger partial charge in [0.1, 0.15) is 5.75 Å². The first-order chi connectivity index (χ1) is 23.8. The molecule has 49 heavy (non-hydrogen) atoms. The molecular formula is C40H44N2O7. The molecule has 0 saturated heterocycles. The molecule has 0 saturated carbocycles. The number of fused-ring (bicyclic) bond motifs is 3. The molecule has 0 amide bonds. The van der Waals surface area contributed by atoms with Crippen LogP contribution in [0.15, 0.2) is 54.6 Å². The first-order valence-electron chi connectivity index (χ1n) is 16.6. The Kier molecular flexibility index (Phi) is 8.71. The molecule has 7 rings (SSSR count). The van der Waals surface area contributed by atoms with E-state index in [2.05, 4.69) is 60.3 Å². The van der Waals surface area contributed by atoms with Gasteiger partial charge in [0.2, 0.25) is 5.75 Å². The molecule has 0 radical (unpaired) electrons. The highest BCUT2D eigenvalue weighted by atomic mass is 16.5. The van der Waals surface area contributed by atoms with E-state index in [1.54, 1.807) is 42.7 Å². The Hall–Kier alpha value is -5.02. The number of rotatable bonds is 10. The Labute approximate surface area is 287 Å². The second kappa shape index (κ2) is 13.1. The number of methoxy groups -OCH3 is 6. The highest BCUT2D eigenvalue weighted by Gasteiger charge is 2.29. The number of hydrogen-bond donors (Lipinski definition) is 0. The van der Waals surface area contributed by atoms with Crippen LogP contribution in [-0.2, 0) is 19.3 Å². The van der Waals surface area contributed by atoms with Crippen molar-refractivity contribution in [3.8, 4) is 46.0 Å². The Morgan fingerprint density at radius 1 is 0.592 bits per heavy atom. The van der Waals surface area contributed by atoms with Gasteiger partial charge < -0.3 is 38.1 Å². The second-order valence-corrected chi connectivity index (χ2v) is 12.7. The fourth-order valence-corrected chi connectivity index (χ4v) is 7.59. The van der Waals surface area contributed by atoms with Gasteiger partial charge in [-0.15, -0.1) is 0 Å². The summed E-state index contributed by atoms with van der Waals surface area (Å²) in [6, 6.07) is 19.1. The van der Waals surface area contributed by atoms with Crippen molar-refractivity contribution in [2.45, 2.75) is 25.3 Å². The number of hydrogen-bond acceptors (Lipinski definition) is 9. The largest absolute Gasteiger partial charge is 0.493 e. The third kappa shape index (κ3) is 5.46. The van der Waals surface area contributed by atoms with Crippen LogP contribution in [0.3, 0.4) is 0 Å². The van der Waals surface area contributed by atoms with Crippen LogP contribution >= 0.6 is 0 Å². The average molecular weight is 665 g/mol. The maximum absolute atomic E-state index is 6.76. The molecule has 0 N–H and O–H groups in total. The summed E-state index contributed by atoms with van der Waals surface area (Å²) in [5, 5.41) is 3.93. The summed E-state index contributed by atoms with van der Waals surface area (Å²) in [6.45, 7) is 1.86. The van der Waals surface area contributed by atoms with Crippen molar-refractivity contribution in [1.82, 2.24) is 4.90 Å². The van der Waals surface area contributed by atoms with Crippen molar-refractivity contribution >= 4 is 27.2 Å². The second-order valence-electron chi connectivity index (χ2n) is 12.7. The molecule has 0 unspecified atom stereocenters. The number of anilines is 1. The summed E-state index contributed by atoms with van der Waals surface area (Å²) in [5.74, 6) is 5.27. The van der Waals surface area contributed by atoms with Gasteiger partial charge in [-0.1, -0.05) is 12.1 Å². The van der Waals surface area contributed by atoms with Gasteiger partial charge in [-0.25, -0.2) is 0 Å². The van der Waals surface area contributed by atoms with Gasteiger partial charge in [-0.05, 0) is 91.0 Å². The minimum atomic E-state index is 0.205. The zero-order valence-electron chi connectivity index (χ0n) is 29.6. The van der Waals surface area contributed by atoms with E-state index in [4.69, 9.17) is 33.2 Å². The maximum atomic E-state index is 6.76. The highest BCUT2D eigenvalue weighted by molar-refractivity contribution is 6.20. The maximum Gasteiger partial charge on any atom is 0.204 e. The van der Waals surface area contributed by atoms with Crippen molar-refractivity contribution in [3.05, 3.63) is 76.9 Å². The van der Waals surface area contributed by atoms with Gasteiger partial charge in [0.25, 0.3) is 0 Å². The van der Waals surface area contributed by atoms with Gasteiger partial charge >= 0.3 is 0 Å². The van der Waals surface area contributed by atoms with Crippen LogP contribution in [0, 0.1) is 0 Å². The lowest BCUT2D eigenvalue weighted by Gasteiger charge is -2.35. The van der Waals surface area contributed by atoms with Crippen molar-refractivity contribution in [3.63, 3.8) is 0 Å². The number of likely N-dealkylation sites (N-methyl/N-ethyl adjacent to an activating group) is 2. The van der Waals surface area contributed by atoms with Crippen LogP contribution in [0.5, 0.6) is 46.0 Å². The molecule has 0 bridgehead atoms. The molecule has 0 aromatic heterocycles. The molecule has 2 aliphatic rings. The van der Waals surface area contributed by atoms with Crippen LogP contribution in [0.4, 0.5) is 5.69 Å². The molecule has 9 heteroatoms. The molecule has 0 aliphatic carbocycles. The van der Waals surface area contributed by atoms with Crippen molar-refractivity contribution in [1.29, 1.82) is 0 Å². The molecule has 2 aliphatic heterocycles. The highest BCUT2D eigenvalue weighted by Crippen LogP contribution is 2.53. The van der Waals surface area contributed by atoms with E-state index in [0.29, 0.717) is 34.5 Å². The van der Waals surface area contributed by atoms with Crippen molar-refractivity contribution in [2.24, 2.45) is 0 Å². The van der Waals surface area contributed by atoms with Gasteiger partial charge in [0, 0.05) is 53.4 Å². The Morgan fingerprint density at radius 3 is 1.90 bits per heavy atom. The molecule has 9 nitrogen and oxygen atoms in total. The molecule has 0 fully saturated rings. The average Bonchev–Trinajstić information content (AvgIpc) is 3.13. The zero-order valence-corrected chi connectivity index (χ0v) is 29.6. The van der Waals surface area contributed by atoms with E-state index in [0.717, 1.165) is 71.1 Å². The number of ether oxygens (including phenoxy) is 7. The van der Waals surface area contributed by atoms with E-state index in [1.165, 1.54) is 22.3 Å². The van der Waals surface area contributed by atoms with Crippen LogP contribution in [0.25, 0.3) is 21.5 Å². The first-order valence-corrected chi connectivity index (χ1v) is 16.6. The van der Waals surface area contributed by atoms with Gasteiger partial charge in [0.15, 0.2) is 34.5 Å². The molecule has 2 heterocycles. The van der Waals surface area contributed by atoms with Crippen LogP contribution in [0.2, 0.25) is 0 Å². The van der Waals surface area contributed by atoms with Crippen LogP contribution in [-0.4, -0.2) is 74.7 Å². The van der Waals surface area contributed by atoms with E-state index in [-0.39, 0.29) is 6.04 Å². The molecule has 1 atom stereocenters. The van der Waals surface area contributed by atoms with Crippen LogP contribution in [0.1, 0.15) is 28.3 Å². The molecule has 5 aromatic rings. The molecule has 0 spiro atoms. The minimum absolute atomic E-state index is 0.205. The third-order valence-electron chi connectivity index (χ3n) is 10.2. The molecule has 256 valence electrons. The fraction of sp³-hybridized carbons (Fsp3) is 0.350. The summed E-state index contributed by atoms with van der Waals surface area (Å²) in [7, 11) is 14.3. The standard InChI is InChI=1S/C40H44N2O7/c1-41-15-13-24-18-32(43-3)33(44-4)21-27(24)30(41)17-23-9-11-26(12-10-23)49-38-29-20-31-36-25(14-16-42(31)2)19-34(45-5)39(47-7)37(36)28(29)22-35(46-6)40(38)48-8/h9-12,18-22,30H,13-17H2,1-8H3/t30-/m0/s1. The number of nitrogens with zero attached hydrogens (tertiary/aromatic N) is 2. The van der Waals surface area contributed by atoms with Crippen molar-refractivity contribution < 1.29 is 33.2 Å². The summed E-state index contributed by atoms with van der Waals surface area (Å²) < 4.78 is 41.7. The molecule has 5 aromatic carbocycles. The lowest BCUT2D eigenvalue weighted by molar-refractivity contribution is 0.228. The van der Waals surface area contributed by atoms with E-state index < -0.39 is 0 Å². The van der Waals surface area contributed by atoms with Gasteiger partial charge in [0.05, 0.1) is 42.7 Å². The minimum Gasteiger partial charge on any atom is -0.493 e. The molecular weight excluding hydrogens is 620 g/mol. The quantitative estimate of drug-likeness (QED) is 0.140. The Bertz CT molecular complexity index is 2040. The third-order valence-corrected chi connectivity index (χ3v) is 10.2.